The van der Waals surface area contributed by atoms with Crippen molar-refractivity contribution >= 4 is 44.6 Å². The van der Waals surface area contributed by atoms with Crippen LogP contribution in [0.15, 0.2) is 65.6 Å². The number of anilines is 2. The Balaban J connectivity index is 0.00000256. The predicted molar refractivity (Wildman–Crippen MR) is 123 cm³/mol. The summed E-state index contributed by atoms with van der Waals surface area (Å²) in [6.45, 7) is 3.94. The molecule has 0 aliphatic carbocycles. The summed E-state index contributed by atoms with van der Waals surface area (Å²) < 4.78 is 41.7. The van der Waals surface area contributed by atoms with Crippen molar-refractivity contribution in [3.8, 4) is 0 Å². The quantitative estimate of drug-likeness (QED) is 0.643. The Morgan fingerprint density at radius 3 is 2.43 bits per heavy atom. The number of nitrogens with zero attached hydrogens (tertiary/aromatic N) is 2. The number of likely N-dealkylation sites (N-methyl/N-ethyl adjacent to an activating group) is 1. The van der Waals surface area contributed by atoms with E-state index in [4.69, 9.17) is 0 Å². The fourth-order valence-electron chi connectivity index (χ4n) is 3.77. The molecule has 0 saturated carbocycles. The molecular formula is C22H25ClFN3O2S. The van der Waals surface area contributed by atoms with Gasteiger partial charge in [-0.2, -0.15) is 0 Å². The summed E-state index contributed by atoms with van der Waals surface area (Å²) >= 11 is 0. The van der Waals surface area contributed by atoms with E-state index >= 15 is 0 Å². The lowest BCUT2D eigenvalue weighted by Crippen LogP contribution is -2.28. The molecule has 4 rings (SSSR count). The fourth-order valence-corrected chi connectivity index (χ4v) is 4.88. The Labute approximate surface area is 183 Å². The molecule has 0 atom stereocenters. The zero-order valence-electron chi connectivity index (χ0n) is 16.7. The number of nitrogens with one attached hydrogen (secondary N) is 1. The van der Waals surface area contributed by atoms with E-state index in [1.807, 2.05) is 30.3 Å². The van der Waals surface area contributed by atoms with Crippen LogP contribution in [0.2, 0.25) is 0 Å². The summed E-state index contributed by atoms with van der Waals surface area (Å²) in [6.07, 6.45) is 1.08. The van der Waals surface area contributed by atoms with Crippen LogP contribution in [-0.4, -0.2) is 46.5 Å². The third-order valence-corrected chi connectivity index (χ3v) is 6.68. The third-order valence-electron chi connectivity index (χ3n) is 5.31. The molecule has 0 bridgehead atoms. The average Bonchev–Trinajstić information content (AvgIpc) is 2.92. The highest BCUT2D eigenvalue weighted by Crippen LogP contribution is 2.34. The van der Waals surface area contributed by atoms with Gasteiger partial charge in [-0.1, -0.05) is 30.3 Å². The predicted octanol–water partition coefficient (Wildman–Crippen LogP) is 4.34. The van der Waals surface area contributed by atoms with E-state index in [-0.39, 0.29) is 17.3 Å². The second kappa shape index (κ2) is 9.20. The zero-order valence-corrected chi connectivity index (χ0v) is 18.3. The maximum atomic E-state index is 13.5. The Morgan fingerprint density at radius 2 is 1.67 bits per heavy atom. The number of halogens is 2. The molecule has 1 fully saturated rings. The standard InChI is InChI=1S/C22H24FN3O2S.ClH/c1-25-12-5-13-26(15-14-25)22-11-10-21(19-8-2-3-9-20(19)22)24-29(27,28)18-7-4-6-17(23)16-18;/h2-4,6-11,16,24H,5,12-15H2,1H3;1H. The van der Waals surface area contributed by atoms with E-state index in [0.29, 0.717) is 5.69 Å². The van der Waals surface area contributed by atoms with Gasteiger partial charge in [0, 0.05) is 36.1 Å². The van der Waals surface area contributed by atoms with Crippen LogP contribution in [0.3, 0.4) is 0 Å². The lowest BCUT2D eigenvalue weighted by molar-refractivity contribution is 0.360. The van der Waals surface area contributed by atoms with Crippen molar-refractivity contribution in [3.63, 3.8) is 0 Å². The monoisotopic (exact) mass is 449 g/mol. The van der Waals surface area contributed by atoms with E-state index in [1.165, 1.54) is 18.2 Å². The van der Waals surface area contributed by atoms with Crippen LogP contribution in [0, 0.1) is 5.82 Å². The van der Waals surface area contributed by atoms with Crippen LogP contribution < -0.4 is 9.62 Å². The molecule has 30 heavy (non-hydrogen) atoms. The number of hydrogen-bond donors (Lipinski definition) is 1. The molecule has 0 aromatic heterocycles. The molecule has 0 spiro atoms. The number of fused-ring (bicyclic) bond motifs is 1. The van der Waals surface area contributed by atoms with Gasteiger partial charge in [0.05, 0.1) is 10.6 Å². The van der Waals surface area contributed by atoms with Gasteiger partial charge in [0.1, 0.15) is 5.82 Å². The van der Waals surface area contributed by atoms with Crippen molar-refractivity contribution in [2.45, 2.75) is 11.3 Å². The highest BCUT2D eigenvalue weighted by molar-refractivity contribution is 7.92. The number of benzene rings is 3. The third kappa shape index (κ3) is 4.69. The molecule has 0 unspecified atom stereocenters. The first kappa shape index (κ1) is 22.3. The summed E-state index contributed by atoms with van der Waals surface area (Å²) in [7, 11) is -1.76. The molecule has 1 saturated heterocycles. The van der Waals surface area contributed by atoms with Crippen molar-refractivity contribution in [2.24, 2.45) is 0 Å². The molecular weight excluding hydrogens is 425 g/mol. The van der Waals surface area contributed by atoms with Gasteiger partial charge in [-0.05, 0) is 50.3 Å². The van der Waals surface area contributed by atoms with Crippen molar-refractivity contribution in [1.82, 2.24) is 4.90 Å². The minimum atomic E-state index is -3.89. The fraction of sp³-hybridized carbons (Fsp3) is 0.273. The van der Waals surface area contributed by atoms with E-state index < -0.39 is 15.8 Å². The van der Waals surface area contributed by atoms with Gasteiger partial charge in [0.15, 0.2) is 0 Å². The van der Waals surface area contributed by atoms with Crippen LogP contribution in [0.5, 0.6) is 0 Å². The Kier molecular flexibility index (Phi) is 6.85. The highest BCUT2D eigenvalue weighted by atomic mass is 35.5. The van der Waals surface area contributed by atoms with Gasteiger partial charge >= 0.3 is 0 Å². The van der Waals surface area contributed by atoms with E-state index in [2.05, 4.69) is 21.6 Å². The van der Waals surface area contributed by atoms with Crippen LogP contribution in [0.25, 0.3) is 10.8 Å². The van der Waals surface area contributed by atoms with Crippen molar-refractivity contribution in [1.29, 1.82) is 0 Å². The van der Waals surface area contributed by atoms with Gasteiger partial charge in [0.2, 0.25) is 0 Å². The molecule has 160 valence electrons. The minimum absolute atomic E-state index is 0. The van der Waals surface area contributed by atoms with Crippen molar-refractivity contribution in [2.75, 3.05) is 42.8 Å². The van der Waals surface area contributed by atoms with E-state index in [1.54, 1.807) is 6.07 Å². The van der Waals surface area contributed by atoms with Crippen LogP contribution >= 0.6 is 12.4 Å². The molecule has 0 radical (unpaired) electrons. The van der Waals surface area contributed by atoms with Gasteiger partial charge in [-0.3, -0.25) is 4.72 Å². The second-order valence-electron chi connectivity index (χ2n) is 7.38. The zero-order chi connectivity index (χ0) is 20.4. The van der Waals surface area contributed by atoms with Gasteiger partial charge < -0.3 is 9.80 Å². The lowest BCUT2D eigenvalue weighted by Gasteiger charge is -2.25. The Bertz CT molecular complexity index is 1140. The van der Waals surface area contributed by atoms with Gasteiger partial charge in [0.25, 0.3) is 10.0 Å². The average molecular weight is 450 g/mol. The van der Waals surface area contributed by atoms with E-state index in [9.17, 15) is 12.8 Å². The minimum Gasteiger partial charge on any atom is -0.370 e. The van der Waals surface area contributed by atoms with Crippen LogP contribution in [0.1, 0.15) is 6.42 Å². The normalized spacial score (nSPS) is 15.5. The van der Waals surface area contributed by atoms with Gasteiger partial charge in [-0.25, -0.2) is 12.8 Å². The molecule has 3 aromatic carbocycles. The molecule has 1 heterocycles. The summed E-state index contributed by atoms with van der Waals surface area (Å²) in [5, 5.41) is 1.82. The largest absolute Gasteiger partial charge is 0.370 e. The van der Waals surface area contributed by atoms with Crippen molar-refractivity contribution in [3.05, 3.63) is 66.5 Å². The molecule has 1 aliphatic heterocycles. The molecule has 0 amide bonds. The number of sulfonamides is 1. The first-order valence-electron chi connectivity index (χ1n) is 9.68. The first-order chi connectivity index (χ1) is 13.9. The topological polar surface area (TPSA) is 52.6 Å². The maximum absolute atomic E-state index is 13.5. The smallest absolute Gasteiger partial charge is 0.262 e. The summed E-state index contributed by atoms with van der Waals surface area (Å²) in [5.74, 6) is -0.584. The van der Waals surface area contributed by atoms with Gasteiger partial charge in [-0.15, -0.1) is 12.4 Å². The second-order valence-corrected chi connectivity index (χ2v) is 9.07. The van der Waals surface area contributed by atoms with E-state index in [0.717, 1.165) is 55.1 Å². The lowest BCUT2D eigenvalue weighted by atomic mass is 10.1. The molecule has 8 heteroatoms. The van der Waals surface area contributed by atoms with Crippen LogP contribution in [-0.2, 0) is 10.0 Å². The summed E-state index contributed by atoms with van der Waals surface area (Å²) in [6, 6.07) is 16.6. The van der Waals surface area contributed by atoms with Crippen molar-refractivity contribution < 1.29 is 12.8 Å². The van der Waals surface area contributed by atoms with Crippen LogP contribution in [0.4, 0.5) is 15.8 Å². The molecule has 1 N–H and O–H groups in total. The number of hydrogen-bond acceptors (Lipinski definition) is 4. The highest BCUT2D eigenvalue weighted by Gasteiger charge is 2.19. The Hall–Kier alpha value is -2.35. The molecule has 3 aromatic rings. The summed E-state index contributed by atoms with van der Waals surface area (Å²) in [4.78, 5) is 4.58. The SMILES string of the molecule is CN1CCCN(c2ccc(NS(=O)(=O)c3cccc(F)c3)c3ccccc23)CC1.Cl. The number of rotatable bonds is 4. The maximum Gasteiger partial charge on any atom is 0.262 e. The molecule has 5 nitrogen and oxygen atoms in total. The molecule has 1 aliphatic rings. The summed E-state index contributed by atoms with van der Waals surface area (Å²) in [5.41, 5.74) is 1.59. The Morgan fingerprint density at radius 1 is 0.900 bits per heavy atom. The first-order valence-corrected chi connectivity index (χ1v) is 11.2.